The molecule has 0 aliphatic heterocycles. The molecule has 4 bridgehead atoms. The summed E-state index contributed by atoms with van der Waals surface area (Å²) < 4.78 is 5.27. The summed E-state index contributed by atoms with van der Waals surface area (Å²) in [6.45, 7) is 2.25. The second-order valence-corrected chi connectivity index (χ2v) is 6.92. The quantitative estimate of drug-likeness (QED) is 0.632. The number of benzene rings is 2. The molecule has 0 amide bonds. The normalized spacial score (nSPS) is 13.1. The zero-order valence-corrected chi connectivity index (χ0v) is 15.6. The Labute approximate surface area is 160 Å². The van der Waals surface area contributed by atoms with Gasteiger partial charge in [0, 0.05) is 11.8 Å². The van der Waals surface area contributed by atoms with Crippen LogP contribution >= 0.6 is 0 Å². The Morgan fingerprint density at radius 3 is 2.41 bits per heavy atom. The van der Waals surface area contributed by atoms with Crippen LogP contribution in [-0.2, 0) is 30.4 Å². The lowest BCUT2D eigenvalue weighted by Crippen LogP contribution is -2.11. The smallest absolute Gasteiger partial charge is 0.338 e. The number of aromatic nitrogens is 1. The summed E-state index contributed by atoms with van der Waals surface area (Å²) in [5.74, 6) is -0.213. The first-order chi connectivity index (χ1) is 13.2. The van der Waals surface area contributed by atoms with Crippen LogP contribution in [0, 0.1) is 0 Å². The summed E-state index contributed by atoms with van der Waals surface area (Å²) in [5, 5.41) is 0. The molecule has 0 fully saturated rings. The van der Waals surface area contributed by atoms with Crippen LogP contribution in [0.5, 0.6) is 0 Å². The highest BCUT2D eigenvalue weighted by molar-refractivity contribution is 5.91. The zero-order chi connectivity index (χ0) is 18.6. The summed E-state index contributed by atoms with van der Waals surface area (Å²) in [6.07, 6.45) is 5.33. The molecule has 3 heteroatoms. The minimum atomic E-state index is -0.213. The van der Waals surface area contributed by atoms with Gasteiger partial charge in [-0.05, 0) is 79.1 Å². The van der Waals surface area contributed by atoms with Gasteiger partial charge >= 0.3 is 5.97 Å². The van der Waals surface area contributed by atoms with Crippen LogP contribution in [0.4, 0.5) is 0 Å². The third-order valence-electron chi connectivity index (χ3n) is 5.15. The van der Waals surface area contributed by atoms with Crippen molar-refractivity contribution in [3.05, 3.63) is 88.6 Å². The predicted octanol–water partition coefficient (Wildman–Crippen LogP) is 4.81. The van der Waals surface area contributed by atoms with Gasteiger partial charge in [0.2, 0.25) is 0 Å². The Hall–Kier alpha value is -2.94. The molecule has 2 aromatic carbocycles. The SMILES string of the molecule is CCOC(=O)c1cc2ccc1CCc1ccc(c(-c3ccccn3)c1)CC2. The minimum absolute atomic E-state index is 0.213. The highest BCUT2D eigenvalue weighted by Crippen LogP contribution is 2.27. The highest BCUT2D eigenvalue weighted by Gasteiger charge is 2.16. The number of carbonyl (C=O) groups excluding carboxylic acids is 1. The maximum absolute atomic E-state index is 12.4. The van der Waals surface area contributed by atoms with Crippen LogP contribution in [0.2, 0.25) is 0 Å². The Kier molecular flexibility index (Phi) is 5.01. The van der Waals surface area contributed by atoms with Gasteiger partial charge in [-0.3, -0.25) is 4.98 Å². The van der Waals surface area contributed by atoms with Crippen molar-refractivity contribution in [2.24, 2.45) is 0 Å². The first-order valence-electron chi connectivity index (χ1n) is 9.56. The van der Waals surface area contributed by atoms with E-state index >= 15 is 0 Å². The lowest BCUT2D eigenvalue weighted by Gasteiger charge is -2.16. The Balaban J connectivity index is 1.73. The second kappa shape index (κ2) is 7.75. The van der Waals surface area contributed by atoms with Gasteiger partial charge in [0.15, 0.2) is 0 Å². The molecule has 0 atom stereocenters. The third kappa shape index (κ3) is 3.77. The van der Waals surface area contributed by atoms with E-state index in [-0.39, 0.29) is 5.97 Å². The number of ether oxygens (including phenoxy) is 1. The zero-order valence-electron chi connectivity index (χ0n) is 15.6. The van der Waals surface area contributed by atoms with Gasteiger partial charge in [0.1, 0.15) is 0 Å². The summed E-state index contributed by atoms with van der Waals surface area (Å²) in [6, 6.07) is 19.0. The van der Waals surface area contributed by atoms with Crippen molar-refractivity contribution in [3.8, 4) is 11.3 Å². The van der Waals surface area contributed by atoms with E-state index in [9.17, 15) is 4.79 Å². The van der Waals surface area contributed by atoms with Crippen LogP contribution in [0.25, 0.3) is 11.3 Å². The molecule has 7 rings (SSSR count). The number of hydrogen-bond donors (Lipinski definition) is 0. The highest BCUT2D eigenvalue weighted by atomic mass is 16.5. The molecule has 1 heterocycles. The number of pyridine rings is 1. The maximum atomic E-state index is 12.4. The van der Waals surface area contributed by atoms with E-state index < -0.39 is 0 Å². The number of carbonyl (C=O) groups is 1. The molecule has 0 saturated carbocycles. The van der Waals surface area contributed by atoms with Crippen LogP contribution in [0.15, 0.2) is 60.8 Å². The Morgan fingerprint density at radius 1 is 0.926 bits per heavy atom. The summed E-state index contributed by atoms with van der Waals surface area (Å²) in [7, 11) is 0. The van der Waals surface area contributed by atoms with Gasteiger partial charge in [-0.2, -0.15) is 0 Å². The second-order valence-electron chi connectivity index (χ2n) is 6.92. The molecular weight excluding hydrogens is 334 g/mol. The number of rotatable bonds is 3. The topological polar surface area (TPSA) is 39.2 Å². The lowest BCUT2D eigenvalue weighted by atomic mass is 9.90. The van der Waals surface area contributed by atoms with Gasteiger partial charge < -0.3 is 4.74 Å². The van der Waals surface area contributed by atoms with Crippen molar-refractivity contribution in [3.63, 3.8) is 0 Å². The molecule has 0 radical (unpaired) electrons. The maximum Gasteiger partial charge on any atom is 0.338 e. The first-order valence-corrected chi connectivity index (χ1v) is 9.56. The number of aryl methyl sites for hydroxylation is 4. The van der Waals surface area contributed by atoms with E-state index in [0.717, 1.165) is 36.9 Å². The van der Waals surface area contributed by atoms with Crippen LogP contribution in [0.1, 0.15) is 39.5 Å². The van der Waals surface area contributed by atoms with Gasteiger partial charge in [0.25, 0.3) is 0 Å². The summed E-state index contributed by atoms with van der Waals surface area (Å²) in [5.41, 5.74) is 7.73. The fourth-order valence-corrected chi connectivity index (χ4v) is 3.71. The molecule has 0 saturated heterocycles. The molecule has 4 aliphatic rings. The van der Waals surface area contributed by atoms with E-state index in [4.69, 9.17) is 4.74 Å². The van der Waals surface area contributed by atoms with Gasteiger partial charge in [0.05, 0.1) is 17.9 Å². The lowest BCUT2D eigenvalue weighted by molar-refractivity contribution is 0.0525. The van der Waals surface area contributed by atoms with Crippen LogP contribution in [-0.4, -0.2) is 17.6 Å². The average molecular weight is 357 g/mol. The molecule has 4 aliphatic carbocycles. The van der Waals surface area contributed by atoms with E-state index in [1.54, 1.807) is 0 Å². The van der Waals surface area contributed by atoms with E-state index in [1.165, 1.54) is 22.3 Å². The average Bonchev–Trinajstić information content (AvgIpc) is 2.70. The third-order valence-corrected chi connectivity index (χ3v) is 5.15. The van der Waals surface area contributed by atoms with Crippen LogP contribution in [0.3, 0.4) is 0 Å². The van der Waals surface area contributed by atoms with Crippen LogP contribution < -0.4 is 0 Å². The molecule has 3 nitrogen and oxygen atoms in total. The van der Waals surface area contributed by atoms with Gasteiger partial charge in [-0.1, -0.05) is 30.3 Å². The number of nitrogens with zero attached hydrogens (tertiary/aromatic N) is 1. The number of esters is 1. The fraction of sp³-hybridized carbons (Fsp3) is 0.250. The molecule has 27 heavy (non-hydrogen) atoms. The van der Waals surface area contributed by atoms with Crippen molar-refractivity contribution in [2.75, 3.05) is 6.61 Å². The van der Waals surface area contributed by atoms with Gasteiger partial charge in [-0.15, -0.1) is 0 Å². The Morgan fingerprint density at radius 2 is 1.67 bits per heavy atom. The van der Waals surface area contributed by atoms with Crippen molar-refractivity contribution < 1.29 is 9.53 Å². The summed E-state index contributed by atoms with van der Waals surface area (Å²) in [4.78, 5) is 17.0. The number of hydrogen-bond acceptors (Lipinski definition) is 3. The molecule has 0 unspecified atom stereocenters. The largest absolute Gasteiger partial charge is 0.462 e. The van der Waals surface area contributed by atoms with E-state index in [1.807, 2.05) is 31.3 Å². The van der Waals surface area contributed by atoms with Gasteiger partial charge in [-0.25, -0.2) is 4.79 Å². The fourth-order valence-electron chi connectivity index (χ4n) is 3.71. The van der Waals surface area contributed by atoms with Crippen molar-refractivity contribution in [1.82, 2.24) is 4.98 Å². The molecule has 0 N–H and O–H groups in total. The minimum Gasteiger partial charge on any atom is -0.462 e. The molecule has 0 spiro atoms. The molecule has 136 valence electrons. The Bertz CT molecular complexity index is 963. The van der Waals surface area contributed by atoms with E-state index in [2.05, 4.69) is 41.4 Å². The molecular formula is C24H23NO2. The van der Waals surface area contributed by atoms with E-state index in [0.29, 0.717) is 12.2 Å². The van der Waals surface area contributed by atoms with Crippen molar-refractivity contribution in [1.29, 1.82) is 0 Å². The van der Waals surface area contributed by atoms with Crippen molar-refractivity contribution >= 4 is 5.97 Å². The standard InChI is InChI=1S/C24H23NO2/c1-2-27-24(26)22-16-18-7-11-19-10-6-17(8-12-20(22)13-9-18)15-21(19)23-5-3-4-14-25-23/h3-6,9-10,13-16H,2,7-8,11-12H2,1H3. The monoisotopic (exact) mass is 357 g/mol. The summed E-state index contributed by atoms with van der Waals surface area (Å²) >= 11 is 0. The first kappa shape index (κ1) is 17.5. The van der Waals surface area contributed by atoms with Crippen molar-refractivity contribution in [2.45, 2.75) is 32.6 Å². The molecule has 3 aromatic rings. The predicted molar refractivity (Wildman–Crippen MR) is 107 cm³/mol. The molecule has 1 aromatic heterocycles.